The Hall–Kier alpha value is -0.800. The van der Waals surface area contributed by atoms with Crippen LogP contribution in [0.2, 0.25) is 5.02 Å². The predicted molar refractivity (Wildman–Crippen MR) is 89.9 cm³/mol. The van der Waals surface area contributed by atoms with Crippen LogP contribution in [0.5, 0.6) is 0 Å². The van der Waals surface area contributed by atoms with Gasteiger partial charge in [-0.2, -0.15) is 4.31 Å². The molecule has 0 amide bonds. The number of piperidine rings is 2. The summed E-state index contributed by atoms with van der Waals surface area (Å²) in [6.45, 7) is 0. The molecule has 0 radical (unpaired) electrons. The van der Waals surface area contributed by atoms with Crippen molar-refractivity contribution in [1.29, 1.82) is 0 Å². The predicted octanol–water partition coefficient (Wildman–Crippen LogP) is 2.38. The van der Waals surface area contributed by atoms with Crippen LogP contribution >= 0.6 is 11.6 Å². The molecule has 4 rings (SSSR count). The van der Waals surface area contributed by atoms with Gasteiger partial charge in [0.15, 0.2) is 0 Å². The van der Waals surface area contributed by atoms with E-state index in [1.807, 2.05) is 0 Å². The van der Waals surface area contributed by atoms with E-state index < -0.39 is 34.5 Å². The van der Waals surface area contributed by atoms with E-state index in [9.17, 15) is 17.2 Å². The number of fused-ring (bicyclic) bond motifs is 4. The molecule has 3 saturated heterocycles. The Labute approximate surface area is 150 Å². The van der Waals surface area contributed by atoms with Crippen molar-refractivity contribution in [1.82, 2.24) is 15.2 Å². The molecule has 1 aromatic carbocycles. The zero-order chi connectivity index (χ0) is 17.8. The lowest BCUT2D eigenvalue weighted by atomic mass is 9.74. The standard InChI is InChI=1S/C16H20ClF2N3O2S/c17-9-4-6-11(7-5-9)25(23,24)22-10-2-1-3-13(22)14-12(8-10)20-21-15(14)16(18)19/h4-7,10,12-16,20-21H,1-3,8H2. The number of nitrogens with one attached hydrogen (secondary N) is 2. The van der Waals surface area contributed by atoms with Gasteiger partial charge in [-0.25, -0.2) is 22.6 Å². The summed E-state index contributed by atoms with van der Waals surface area (Å²) in [5.74, 6) is -0.432. The number of sulfonamides is 1. The molecule has 3 aliphatic rings. The van der Waals surface area contributed by atoms with Crippen LogP contribution in [-0.2, 0) is 10.0 Å². The maximum atomic E-state index is 13.4. The van der Waals surface area contributed by atoms with E-state index in [4.69, 9.17) is 11.6 Å². The Balaban J connectivity index is 1.72. The van der Waals surface area contributed by atoms with Gasteiger partial charge in [0.2, 0.25) is 10.0 Å². The van der Waals surface area contributed by atoms with Crippen LogP contribution in [0.4, 0.5) is 8.78 Å². The molecule has 138 valence electrons. The average molecular weight is 392 g/mol. The van der Waals surface area contributed by atoms with Gasteiger partial charge in [0.05, 0.1) is 10.9 Å². The minimum atomic E-state index is -3.75. The number of hydrogen-bond donors (Lipinski definition) is 2. The molecule has 3 aliphatic heterocycles. The van der Waals surface area contributed by atoms with Crippen molar-refractivity contribution in [3.05, 3.63) is 29.3 Å². The van der Waals surface area contributed by atoms with Crippen LogP contribution in [0.1, 0.15) is 25.7 Å². The summed E-state index contributed by atoms with van der Waals surface area (Å²) >= 11 is 5.86. The van der Waals surface area contributed by atoms with Crippen LogP contribution in [0.15, 0.2) is 29.2 Å². The molecule has 0 aromatic heterocycles. The van der Waals surface area contributed by atoms with Crippen LogP contribution in [0.3, 0.4) is 0 Å². The van der Waals surface area contributed by atoms with Gasteiger partial charge in [0.25, 0.3) is 6.43 Å². The van der Waals surface area contributed by atoms with Crippen LogP contribution < -0.4 is 10.9 Å². The highest BCUT2D eigenvalue weighted by Crippen LogP contribution is 2.44. The molecule has 5 nitrogen and oxygen atoms in total. The van der Waals surface area contributed by atoms with Crippen molar-refractivity contribution in [2.75, 3.05) is 0 Å². The second-order valence-electron chi connectivity index (χ2n) is 7.01. The lowest BCUT2D eigenvalue weighted by Crippen LogP contribution is -2.62. The summed E-state index contributed by atoms with van der Waals surface area (Å²) in [6.07, 6.45) is 0.233. The number of benzene rings is 1. The van der Waals surface area contributed by atoms with Gasteiger partial charge in [-0.15, -0.1) is 0 Å². The molecule has 2 N–H and O–H groups in total. The van der Waals surface area contributed by atoms with Gasteiger partial charge < -0.3 is 0 Å². The van der Waals surface area contributed by atoms with E-state index in [0.717, 1.165) is 12.8 Å². The normalized spacial score (nSPS) is 35.8. The van der Waals surface area contributed by atoms with Gasteiger partial charge in [-0.3, -0.25) is 5.43 Å². The molecule has 25 heavy (non-hydrogen) atoms. The van der Waals surface area contributed by atoms with E-state index in [2.05, 4.69) is 10.9 Å². The Morgan fingerprint density at radius 3 is 2.56 bits per heavy atom. The van der Waals surface area contributed by atoms with Crippen molar-refractivity contribution >= 4 is 21.6 Å². The van der Waals surface area contributed by atoms with Crippen molar-refractivity contribution in [3.8, 4) is 0 Å². The maximum absolute atomic E-state index is 13.4. The Kier molecular flexibility index (Phi) is 4.52. The molecule has 3 heterocycles. The van der Waals surface area contributed by atoms with Crippen LogP contribution in [0.25, 0.3) is 0 Å². The smallest absolute Gasteiger partial charge is 0.254 e. The van der Waals surface area contributed by atoms with Gasteiger partial charge >= 0.3 is 0 Å². The second kappa shape index (κ2) is 6.42. The fourth-order valence-corrected chi connectivity index (χ4v) is 6.70. The first-order valence-electron chi connectivity index (χ1n) is 8.48. The lowest BCUT2D eigenvalue weighted by Gasteiger charge is -2.50. The summed E-state index contributed by atoms with van der Waals surface area (Å²) in [6, 6.07) is 4.31. The van der Waals surface area contributed by atoms with Gasteiger partial charge in [0, 0.05) is 29.1 Å². The van der Waals surface area contributed by atoms with Crippen LogP contribution in [-0.4, -0.2) is 43.3 Å². The molecular formula is C16H20ClF2N3O2S. The zero-order valence-corrected chi connectivity index (χ0v) is 15.0. The van der Waals surface area contributed by atoms with E-state index in [0.29, 0.717) is 17.9 Å². The first-order chi connectivity index (χ1) is 11.9. The van der Waals surface area contributed by atoms with Gasteiger partial charge in [-0.05, 0) is 43.5 Å². The Morgan fingerprint density at radius 1 is 1.16 bits per heavy atom. The highest BCUT2D eigenvalue weighted by molar-refractivity contribution is 7.89. The topological polar surface area (TPSA) is 61.4 Å². The molecule has 3 fully saturated rings. The third kappa shape index (κ3) is 2.88. The van der Waals surface area contributed by atoms with Crippen molar-refractivity contribution in [2.45, 2.75) is 61.2 Å². The molecule has 5 atom stereocenters. The fourth-order valence-electron chi connectivity index (χ4n) is 4.67. The molecule has 1 aromatic rings. The zero-order valence-electron chi connectivity index (χ0n) is 13.4. The van der Waals surface area contributed by atoms with Crippen LogP contribution in [0, 0.1) is 5.92 Å². The number of alkyl halides is 2. The highest BCUT2D eigenvalue weighted by atomic mass is 35.5. The molecule has 9 heteroatoms. The van der Waals surface area contributed by atoms with E-state index in [-0.39, 0.29) is 17.0 Å². The average Bonchev–Trinajstić information content (AvgIpc) is 2.98. The summed E-state index contributed by atoms with van der Waals surface area (Å²) in [5.41, 5.74) is 5.66. The monoisotopic (exact) mass is 391 g/mol. The summed E-state index contributed by atoms with van der Waals surface area (Å²) in [7, 11) is -3.75. The number of hydrazine groups is 1. The first kappa shape index (κ1) is 17.6. The molecular weight excluding hydrogens is 372 g/mol. The third-order valence-corrected chi connectivity index (χ3v) is 7.91. The van der Waals surface area contributed by atoms with Gasteiger partial charge in [0.1, 0.15) is 0 Å². The van der Waals surface area contributed by atoms with Gasteiger partial charge in [-0.1, -0.05) is 18.0 Å². The minimum Gasteiger partial charge on any atom is -0.254 e. The number of hydrogen-bond acceptors (Lipinski definition) is 4. The lowest BCUT2D eigenvalue weighted by molar-refractivity contribution is 0.0169. The summed E-state index contributed by atoms with van der Waals surface area (Å²) < 4.78 is 54.9. The molecule has 0 aliphatic carbocycles. The molecule has 5 unspecified atom stereocenters. The summed E-state index contributed by atoms with van der Waals surface area (Å²) in [4.78, 5) is 0.166. The summed E-state index contributed by atoms with van der Waals surface area (Å²) in [5, 5.41) is 0.458. The first-order valence-corrected chi connectivity index (χ1v) is 10.3. The molecule has 0 spiro atoms. The third-order valence-electron chi connectivity index (χ3n) is 5.67. The molecule has 2 bridgehead atoms. The highest BCUT2D eigenvalue weighted by Gasteiger charge is 2.56. The number of nitrogens with zero attached hydrogens (tertiary/aromatic N) is 1. The minimum absolute atomic E-state index is 0.119. The largest absolute Gasteiger partial charge is 0.255 e. The Morgan fingerprint density at radius 2 is 1.88 bits per heavy atom. The van der Waals surface area contributed by atoms with Crippen molar-refractivity contribution in [2.24, 2.45) is 5.92 Å². The number of halogens is 3. The SMILES string of the molecule is O=S(=O)(c1ccc(Cl)cc1)N1C2CCCC1C1C(C2)NNC1C(F)F. The number of rotatable bonds is 3. The van der Waals surface area contributed by atoms with Crippen molar-refractivity contribution < 1.29 is 17.2 Å². The van der Waals surface area contributed by atoms with E-state index in [1.165, 1.54) is 28.6 Å². The Bertz CT molecular complexity index is 746. The van der Waals surface area contributed by atoms with Crippen molar-refractivity contribution in [3.63, 3.8) is 0 Å². The quantitative estimate of drug-likeness (QED) is 0.830. The second-order valence-corrected chi connectivity index (χ2v) is 9.29. The maximum Gasteiger partial charge on any atom is 0.255 e. The van der Waals surface area contributed by atoms with E-state index in [1.54, 1.807) is 0 Å². The fraction of sp³-hybridized carbons (Fsp3) is 0.625. The van der Waals surface area contributed by atoms with E-state index >= 15 is 0 Å². The molecule has 0 saturated carbocycles.